The maximum atomic E-state index is 5.80. The summed E-state index contributed by atoms with van der Waals surface area (Å²) in [6.45, 7) is 1.19. The molecule has 0 radical (unpaired) electrons. The first-order valence-electron chi connectivity index (χ1n) is 6.54. The predicted octanol–water partition coefficient (Wildman–Crippen LogP) is 0.477. The Hall–Kier alpha value is -1.73. The summed E-state index contributed by atoms with van der Waals surface area (Å²) in [6, 6.07) is 0.363. The molecule has 0 amide bonds. The number of fused-ring (bicyclic) bond motifs is 1. The fourth-order valence-electron chi connectivity index (χ4n) is 2.69. The highest BCUT2D eigenvalue weighted by Crippen LogP contribution is 2.33. The predicted molar refractivity (Wildman–Crippen MR) is 71.4 cm³/mol. The maximum Gasteiger partial charge on any atom is 0.165 e. The summed E-state index contributed by atoms with van der Waals surface area (Å²) in [5.41, 5.74) is 12.7. The largest absolute Gasteiger partial charge is 0.382 e. The van der Waals surface area contributed by atoms with Crippen LogP contribution in [0.25, 0.3) is 11.2 Å². The van der Waals surface area contributed by atoms with Crippen molar-refractivity contribution in [3.05, 3.63) is 12.7 Å². The molecule has 1 aliphatic rings. The van der Waals surface area contributed by atoms with Crippen molar-refractivity contribution in [2.75, 3.05) is 18.9 Å². The summed E-state index contributed by atoms with van der Waals surface area (Å²) in [7, 11) is 0. The van der Waals surface area contributed by atoms with Crippen LogP contribution in [-0.4, -0.2) is 38.8 Å². The second-order valence-electron chi connectivity index (χ2n) is 4.83. The van der Waals surface area contributed by atoms with Gasteiger partial charge >= 0.3 is 0 Å². The molecule has 0 unspecified atom stereocenters. The van der Waals surface area contributed by atoms with Crippen molar-refractivity contribution < 1.29 is 4.74 Å². The van der Waals surface area contributed by atoms with E-state index in [4.69, 9.17) is 16.2 Å². The number of rotatable bonds is 4. The molecule has 1 aliphatic carbocycles. The minimum Gasteiger partial charge on any atom is -0.382 e. The van der Waals surface area contributed by atoms with Crippen LogP contribution in [0.4, 0.5) is 5.82 Å². The van der Waals surface area contributed by atoms with Crippen LogP contribution >= 0.6 is 0 Å². The Morgan fingerprint density at radius 1 is 1.32 bits per heavy atom. The summed E-state index contributed by atoms with van der Waals surface area (Å²) in [6.07, 6.45) is 6.63. The standard InChI is InChI=1S/C12H18N6O/c13-3-4-19-9-2-1-8(5-9)18-7-17-10-11(14)15-6-16-12(10)18/h6-9H,1-5,13H2,(H2,14,15,16)/t8-,9-/m1/s1. The quantitative estimate of drug-likeness (QED) is 0.830. The van der Waals surface area contributed by atoms with E-state index in [0.717, 1.165) is 24.9 Å². The zero-order chi connectivity index (χ0) is 13.2. The zero-order valence-electron chi connectivity index (χ0n) is 10.7. The molecule has 0 aromatic carbocycles. The molecular weight excluding hydrogens is 244 g/mol. The van der Waals surface area contributed by atoms with Crippen molar-refractivity contribution in [2.24, 2.45) is 5.73 Å². The Morgan fingerprint density at radius 3 is 3.05 bits per heavy atom. The smallest absolute Gasteiger partial charge is 0.165 e. The molecule has 2 aromatic rings. The topological polar surface area (TPSA) is 105 Å². The molecule has 2 atom stereocenters. The van der Waals surface area contributed by atoms with E-state index in [1.54, 1.807) is 6.33 Å². The minimum absolute atomic E-state index is 0.283. The highest BCUT2D eigenvalue weighted by Gasteiger charge is 2.27. The molecule has 7 heteroatoms. The SMILES string of the molecule is NCCO[C@@H]1CC[C@@H](n2cnc3c(N)ncnc32)C1. The molecule has 0 saturated heterocycles. The molecule has 2 heterocycles. The Morgan fingerprint density at radius 2 is 2.21 bits per heavy atom. The van der Waals surface area contributed by atoms with Crippen LogP contribution in [0.3, 0.4) is 0 Å². The van der Waals surface area contributed by atoms with Crippen molar-refractivity contribution >= 4 is 17.0 Å². The maximum absolute atomic E-state index is 5.80. The van der Waals surface area contributed by atoms with Gasteiger partial charge in [-0.1, -0.05) is 0 Å². The number of hydrogen-bond acceptors (Lipinski definition) is 6. The second kappa shape index (κ2) is 5.10. The Kier molecular flexibility index (Phi) is 3.31. The molecule has 102 valence electrons. The van der Waals surface area contributed by atoms with Crippen LogP contribution in [0.1, 0.15) is 25.3 Å². The molecular formula is C12H18N6O. The first kappa shape index (κ1) is 12.3. The molecule has 2 aromatic heterocycles. The lowest BCUT2D eigenvalue weighted by Gasteiger charge is -2.13. The van der Waals surface area contributed by atoms with E-state index in [9.17, 15) is 0 Å². The molecule has 19 heavy (non-hydrogen) atoms. The van der Waals surface area contributed by atoms with E-state index in [1.807, 2.05) is 0 Å². The Bertz CT molecular complexity index is 568. The third-order valence-corrected chi connectivity index (χ3v) is 3.61. The highest BCUT2D eigenvalue weighted by atomic mass is 16.5. The summed E-state index contributed by atoms with van der Waals surface area (Å²) in [5, 5.41) is 0. The van der Waals surface area contributed by atoms with Gasteiger partial charge in [-0.3, -0.25) is 0 Å². The molecule has 4 N–H and O–H groups in total. The lowest BCUT2D eigenvalue weighted by atomic mass is 10.2. The second-order valence-corrected chi connectivity index (χ2v) is 4.83. The average molecular weight is 262 g/mol. The van der Waals surface area contributed by atoms with Gasteiger partial charge in [0.2, 0.25) is 0 Å². The first-order chi connectivity index (χ1) is 9.29. The van der Waals surface area contributed by atoms with Crippen molar-refractivity contribution in [1.29, 1.82) is 0 Å². The molecule has 0 spiro atoms. The van der Waals surface area contributed by atoms with E-state index in [1.165, 1.54) is 6.33 Å². The van der Waals surface area contributed by atoms with Gasteiger partial charge in [0.1, 0.15) is 11.8 Å². The van der Waals surface area contributed by atoms with Crippen LogP contribution in [0.5, 0.6) is 0 Å². The van der Waals surface area contributed by atoms with Gasteiger partial charge in [0.15, 0.2) is 11.5 Å². The average Bonchev–Trinajstić information content (AvgIpc) is 3.02. The Labute approximate surface area is 111 Å². The van der Waals surface area contributed by atoms with E-state index >= 15 is 0 Å². The van der Waals surface area contributed by atoms with Crippen molar-refractivity contribution in [1.82, 2.24) is 19.5 Å². The third-order valence-electron chi connectivity index (χ3n) is 3.61. The normalized spacial score (nSPS) is 23.2. The fraction of sp³-hybridized carbons (Fsp3) is 0.583. The lowest BCUT2D eigenvalue weighted by molar-refractivity contribution is 0.0616. The van der Waals surface area contributed by atoms with Gasteiger partial charge in [-0.2, -0.15) is 0 Å². The van der Waals surface area contributed by atoms with Crippen molar-refractivity contribution in [3.63, 3.8) is 0 Å². The fourth-order valence-corrected chi connectivity index (χ4v) is 2.69. The van der Waals surface area contributed by atoms with Gasteiger partial charge in [0.05, 0.1) is 19.0 Å². The van der Waals surface area contributed by atoms with Gasteiger partial charge in [0.25, 0.3) is 0 Å². The van der Waals surface area contributed by atoms with E-state index < -0.39 is 0 Å². The zero-order valence-corrected chi connectivity index (χ0v) is 10.7. The summed E-state index contributed by atoms with van der Waals surface area (Å²) < 4.78 is 7.78. The number of imidazole rings is 1. The van der Waals surface area contributed by atoms with E-state index in [-0.39, 0.29) is 6.10 Å². The monoisotopic (exact) mass is 262 g/mol. The van der Waals surface area contributed by atoms with Crippen LogP contribution in [0.2, 0.25) is 0 Å². The molecule has 7 nitrogen and oxygen atoms in total. The Balaban J connectivity index is 1.80. The highest BCUT2D eigenvalue weighted by molar-refractivity contribution is 5.81. The number of hydrogen-bond donors (Lipinski definition) is 2. The molecule has 1 fully saturated rings. The van der Waals surface area contributed by atoms with Crippen molar-refractivity contribution in [2.45, 2.75) is 31.4 Å². The lowest BCUT2D eigenvalue weighted by Crippen LogP contribution is -2.16. The van der Waals surface area contributed by atoms with Gasteiger partial charge in [-0.05, 0) is 19.3 Å². The summed E-state index contributed by atoms with van der Waals surface area (Å²) in [5.74, 6) is 0.428. The minimum atomic E-state index is 0.283. The van der Waals surface area contributed by atoms with E-state index in [2.05, 4.69) is 19.5 Å². The number of aromatic nitrogens is 4. The number of anilines is 1. The number of nitrogens with two attached hydrogens (primary N) is 2. The number of nitrogen functional groups attached to an aromatic ring is 1. The van der Waals surface area contributed by atoms with Crippen LogP contribution in [0.15, 0.2) is 12.7 Å². The molecule has 3 rings (SSSR count). The van der Waals surface area contributed by atoms with Gasteiger partial charge in [-0.25, -0.2) is 15.0 Å². The number of nitrogens with zero attached hydrogens (tertiary/aromatic N) is 4. The number of ether oxygens (including phenoxy) is 1. The summed E-state index contributed by atoms with van der Waals surface area (Å²) >= 11 is 0. The van der Waals surface area contributed by atoms with Crippen molar-refractivity contribution in [3.8, 4) is 0 Å². The third kappa shape index (κ3) is 2.26. The van der Waals surface area contributed by atoms with Crippen LogP contribution in [0, 0.1) is 0 Å². The molecule has 1 saturated carbocycles. The van der Waals surface area contributed by atoms with Gasteiger partial charge in [0, 0.05) is 12.6 Å². The van der Waals surface area contributed by atoms with Crippen LogP contribution < -0.4 is 11.5 Å². The first-order valence-corrected chi connectivity index (χ1v) is 6.54. The summed E-state index contributed by atoms with van der Waals surface area (Å²) in [4.78, 5) is 12.5. The molecule has 0 aliphatic heterocycles. The van der Waals surface area contributed by atoms with E-state index in [0.29, 0.717) is 30.5 Å². The molecule has 0 bridgehead atoms. The van der Waals surface area contributed by atoms with Crippen LogP contribution in [-0.2, 0) is 4.74 Å². The van der Waals surface area contributed by atoms with Gasteiger partial charge in [-0.15, -0.1) is 0 Å². The van der Waals surface area contributed by atoms with Gasteiger partial charge < -0.3 is 20.8 Å².